The zero-order chi connectivity index (χ0) is 15.7. The van der Waals surface area contributed by atoms with Gasteiger partial charge in [-0.1, -0.05) is 0 Å². The number of fused-ring (bicyclic) bond motifs is 1. The van der Waals surface area contributed by atoms with Gasteiger partial charge in [0.15, 0.2) is 0 Å². The molecule has 0 amide bonds. The van der Waals surface area contributed by atoms with E-state index in [1.807, 2.05) is 0 Å². The molecule has 0 unspecified atom stereocenters. The first-order valence-electron chi connectivity index (χ1n) is 7.37. The Balaban J connectivity index is 1.84. The number of alkyl halides is 3. The van der Waals surface area contributed by atoms with Crippen LogP contribution in [0.3, 0.4) is 0 Å². The third-order valence-electron chi connectivity index (χ3n) is 3.88. The van der Waals surface area contributed by atoms with Crippen LogP contribution in [0.15, 0.2) is 12.1 Å². The molecular formula is C15H18F3N3O. The van der Waals surface area contributed by atoms with Crippen molar-refractivity contribution in [3.8, 4) is 5.75 Å². The van der Waals surface area contributed by atoms with E-state index in [0.29, 0.717) is 17.9 Å². The average molecular weight is 313 g/mol. The second kappa shape index (κ2) is 5.79. The Kier molecular flexibility index (Phi) is 3.99. The largest absolute Gasteiger partial charge is 0.492 e. The molecular weight excluding hydrogens is 295 g/mol. The van der Waals surface area contributed by atoms with Crippen molar-refractivity contribution in [2.75, 3.05) is 26.2 Å². The van der Waals surface area contributed by atoms with Gasteiger partial charge in [0.25, 0.3) is 0 Å². The van der Waals surface area contributed by atoms with E-state index in [4.69, 9.17) is 4.74 Å². The monoisotopic (exact) mass is 313 g/mol. The molecule has 2 heterocycles. The fourth-order valence-electron chi connectivity index (χ4n) is 2.87. The van der Waals surface area contributed by atoms with Crippen LogP contribution >= 0.6 is 0 Å². The first-order chi connectivity index (χ1) is 10.4. The molecule has 1 aliphatic rings. The maximum absolute atomic E-state index is 13.4. The second-order valence-corrected chi connectivity index (χ2v) is 5.55. The van der Waals surface area contributed by atoms with Crippen LogP contribution < -0.4 is 4.74 Å². The van der Waals surface area contributed by atoms with Crippen LogP contribution in [-0.4, -0.2) is 41.1 Å². The molecule has 3 rings (SSSR count). The van der Waals surface area contributed by atoms with E-state index in [1.54, 1.807) is 13.0 Å². The predicted octanol–water partition coefficient (Wildman–Crippen LogP) is 3.36. The molecule has 4 nitrogen and oxygen atoms in total. The van der Waals surface area contributed by atoms with E-state index in [-0.39, 0.29) is 17.9 Å². The summed E-state index contributed by atoms with van der Waals surface area (Å²) < 4.78 is 45.5. The number of aromatic nitrogens is 2. The maximum Gasteiger partial charge on any atom is 0.422 e. The van der Waals surface area contributed by atoms with Crippen molar-refractivity contribution < 1.29 is 17.9 Å². The Morgan fingerprint density at radius 1 is 1.27 bits per heavy atom. The first kappa shape index (κ1) is 15.1. The Labute approximate surface area is 126 Å². The number of rotatable bonds is 4. The van der Waals surface area contributed by atoms with E-state index in [9.17, 15) is 13.2 Å². The first-order valence-corrected chi connectivity index (χ1v) is 7.37. The van der Waals surface area contributed by atoms with Crippen LogP contribution in [0.4, 0.5) is 13.2 Å². The minimum atomic E-state index is -4.50. The molecule has 7 heteroatoms. The molecule has 120 valence electrons. The zero-order valence-corrected chi connectivity index (χ0v) is 12.3. The van der Waals surface area contributed by atoms with Gasteiger partial charge >= 0.3 is 6.18 Å². The summed E-state index contributed by atoms with van der Waals surface area (Å²) in [5, 5.41) is 0. The number of H-pyrrole nitrogens is 1. The quantitative estimate of drug-likeness (QED) is 0.941. The fraction of sp³-hybridized carbons (Fsp3) is 0.533. The third-order valence-corrected chi connectivity index (χ3v) is 3.88. The van der Waals surface area contributed by atoms with Crippen molar-refractivity contribution >= 4 is 11.0 Å². The third kappa shape index (κ3) is 3.04. The summed E-state index contributed by atoms with van der Waals surface area (Å²) in [6.07, 6.45) is -2.21. The van der Waals surface area contributed by atoms with Crippen molar-refractivity contribution in [1.82, 2.24) is 14.9 Å². The molecule has 1 N–H and O–H groups in total. The number of aryl methyl sites for hydroxylation is 1. The van der Waals surface area contributed by atoms with Crippen molar-refractivity contribution in [2.24, 2.45) is 0 Å². The Bertz CT molecular complexity index is 660. The van der Waals surface area contributed by atoms with Gasteiger partial charge in [-0.25, -0.2) is 4.98 Å². The van der Waals surface area contributed by atoms with Crippen LogP contribution in [0.5, 0.6) is 5.75 Å². The highest BCUT2D eigenvalue weighted by atomic mass is 19.4. The van der Waals surface area contributed by atoms with Gasteiger partial charge in [0.1, 0.15) is 29.3 Å². The van der Waals surface area contributed by atoms with Crippen molar-refractivity contribution in [1.29, 1.82) is 0 Å². The highest BCUT2D eigenvalue weighted by Crippen LogP contribution is 2.40. The Morgan fingerprint density at radius 2 is 2.00 bits per heavy atom. The summed E-state index contributed by atoms with van der Waals surface area (Å²) in [7, 11) is 0. The maximum atomic E-state index is 13.4. The SMILES string of the molecule is Cc1nc2c(C(F)(F)F)c(OCCN3CCCC3)ccc2[nH]1. The lowest BCUT2D eigenvalue weighted by Gasteiger charge is -2.17. The number of benzene rings is 1. The van der Waals surface area contributed by atoms with Crippen molar-refractivity contribution in [3.63, 3.8) is 0 Å². The molecule has 1 aliphatic heterocycles. The van der Waals surface area contributed by atoms with Gasteiger partial charge in [0.05, 0.1) is 5.52 Å². The van der Waals surface area contributed by atoms with Crippen molar-refractivity contribution in [2.45, 2.75) is 25.9 Å². The number of ether oxygens (including phenoxy) is 1. The van der Waals surface area contributed by atoms with Gasteiger partial charge in [-0.15, -0.1) is 0 Å². The Hall–Kier alpha value is -1.76. The number of nitrogens with zero attached hydrogens (tertiary/aromatic N) is 2. The molecule has 2 aromatic rings. The van der Waals surface area contributed by atoms with E-state index < -0.39 is 11.7 Å². The lowest BCUT2D eigenvalue weighted by Crippen LogP contribution is -2.25. The average Bonchev–Trinajstić information content (AvgIpc) is 3.04. The van der Waals surface area contributed by atoms with E-state index >= 15 is 0 Å². The molecule has 0 aliphatic carbocycles. The molecule has 0 radical (unpaired) electrons. The highest BCUT2D eigenvalue weighted by Gasteiger charge is 2.38. The van der Waals surface area contributed by atoms with Gasteiger partial charge in [-0.2, -0.15) is 13.2 Å². The molecule has 0 atom stereocenters. The molecule has 0 saturated carbocycles. The van der Waals surface area contributed by atoms with E-state index in [2.05, 4.69) is 14.9 Å². The van der Waals surface area contributed by atoms with E-state index in [0.717, 1.165) is 25.9 Å². The number of hydrogen-bond acceptors (Lipinski definition) is 3. The second-order valence-electron chi connectivity index (χ2n) is 5.55. The van der Waals surface area contributed by atoms with Crippen LogP contribution in [0.1, 0.15) is 24.2 Å². The van der Waals surface area contributed by atoms with Gasteiger partial charge in [0.2, 0.25) is 0 Å². The number of hydrogen-bond donors (Lipinski definition) is 1. The van der Waals surface area contributed by atoms with Gasteiger partial charge in [-0.3, -0.25) is 4.90 Å². The van der Waals surface area contributed by atoms with Gasteiger partial charge in [-0.05, 0) is 45.0 Å². The standard InChI is InChI=1S/C15H18F3N3O/c1-10-19-11-4-5-12(13(14(11)20-10)15(16,17)18)22-9-8-21-6-2-3-7-21/h4-5H,2-3,6-9H2,1H3,(H,19,20). The minimum absolute atomic E-state index is 0.0799. The van der Waals surface area contributed by atoms with Crippen LogP contribution in [0, 0.1) is 6.92 Å². The lowest BCUT2D eigenvalue weighted by molar-refractivity contribution is -0.137. The number of aromatic amines is 1. The minimum Gasteiger partial charge on any atom is -0.492 e. The Morgan fingerprint density at radius 3 is 2.68 bits per heavy atom. The predicted molar refractivity (Wildman–Crippen MR) is 77.0 cm³/mol. The van der Waals surface area contributed by atoms with E-state index in [1.165, 1.54) is 6.07 Å². The highest BCUT2D eigenvalue weighted by molar-refractivity contribution is 5.82. The normalized spacial score (nSPS) is 16.5. The zero-order valence-electron chi connectivity index (χ0n) is 12.3. The molecule has 0 bridgehead atoms. The molecule has 1 aromatic heterocycles. The van der Waals surface area contributed by atoms with Crippen LogP contribution in [-0.2, 0) is 6.18 Å². The summed E-state index contributed by atoms with van der Waals surface area (Å²) in [5.74, 6) is 0.306. The number of likely N-dealkylation sites (tertiary alicyclic amines) is 1. The number of nitrogens with one attached hydrogen (secondary N) is 1. The molecule has 1 aromatic carbocycles. The van der Waals surface area contributed by atoms with Crippen LogP contribution in [0.25, 0.3) is 11.0 Å². The summed E-state index contributed by atoms with van der Waals surface area (Å²) >= 11 is 0. The van der Waals surface area contributed by atoms with Crippen LogP contribution in [0.2, 0.25) is 0 Å². The van der Waals surface area contributed by atoms with Gasteiger partial charge in [0, 0.05) is 6.54 Å². The van der Waals surface area contributed by atoms with Gasteiger partial charge < -0.3 is 9.72 Å². The molecule has 0 spiro atoms. The summed E-state index contributed by atoms with van der Waals surface area (Å²) in [6.45, 7) is 4.52. The topological polar surface area (TPSA) is 41.1 Å². The molecule has 1 fully saturated rings. The summed E-state index contributed by atoms with van der Waals surface area (Å²) in [6, 6.07) is 2.95. The molecule has 1 saturated heterocycles. The summed E-state index contributed by atoms with van der Waals surface area (Å²) in [5.41, 5.74) is -0.504. The number of imidazole rings is 1. The smallest absolute Gasteiger partial charge is 0.422 e. The molecule has 22 heavy (non-hydrogen) atoms. The summed E-state index contributed by atoms with van der Waals surface area (Å²) in [4.78, 5) is 8.98. The lowest BCUT2D eigenvalue weighted by atomic mass is 10.1. The van der Waals surface area contributed by atoms with Crippen molar-refractivity contribution in [3.05, 3.63) is 23.5 Å². The fourth-order valence-corrected chi connectivity index (χ4v) is 2.87. The number of halogens is 3.